The summed E-state index contributed by atoms with van der Waals surface area (Å²) in [5.74, 6) is -0.507. The van der Waals surface area contributed by atoms with Crippen LogP contribution in [0.25, 0.3) is 0 Å². The Labute approximate surface area is 120 Å². The van der Waals surface area contributed by atoms with E-state index in [0.29, 0.717) is 5.56 Å². The average Bonchev–Trinajstić information content (AvgIpc) is 2.80. The Morgan fingerprint density at radius 1 is 1.24 bits per heavy atom. The molecule has 1 heterocycles. The normalized spacial score (nSPS) is 25.9. The van der Waals surface area contributed by atoms with Crippen LogP contribution in [0.3, 0.4) is 0 Å². The lowest BCUT2D eigenvalue weighted by Crippen LogP contribution is -2.39. The van der Waals surface area contributed by atoms with Crippen molar-refractivity contribution in [2.24, 2.45) is 5.92 Å². The number of hydrogen-bond donors (Lipinski definition) is 2. The maximum absolute atomic E-state index is 12.5. The smallest absolute Gasteiger partial charge is 0.416 e. The number of esters is 1. The number of nitrogens with one attached hydrogen (secondary N) is 2. The number of rotatable bonds is 3. The van der Waals surface area contributed by atoms with Gasteiger partial charge in [0.1, 0.15) is 6.04 Å². The van der Waals surface area contributed by atoms with Gasteiger partial charge in [-0.1, -0.05) is 19.1 Å². The SMILES string of the molecule is CCOC(=O)C1NNC(c2ccc(C(F)(F)F)cc2)C1C. The van der Waals surface area contributed by atoms with Crippen LogP contribution >= 0.6 is 0 Å². The molecule has 0 aromatic heterocycles. The molecule has 1 aliphatic rings. The fourth-order valence-electron chi connectivity index (χ4n) is 2.41. The van der Waals surface area contributed by atoms with Crippen LogP contribution in [0.1, 0.15) is 31.0 Å². The summed E-state index contributed by atoms with van der Waals surface area (Å²) in [5, 5.41) is 0. The van der Waals surface area contributed by atoms with Crippen molar-refractivity contribution < 1.29 is 22.7 Å². The lowest BCUT2D eigenvalue weighted by molar-refractivity contribution is -0.146. The van der Waals surface area contributed by atoms with Crippen molar-refractivity contribution in [1.82, 2.24) is 10.9 Å². The van der Waals surface area contributed by atoms with Crippen LogP contribution in [-0.4, -0.2) is 18.6 Å². The van der Waals surface area contributed by atoms with E-state index in [1.807, 2.05) is 6.92 Å². The molecule has 2 N–H and O–H groups in total. The highest BCUT2D eigenvalue weighted by Crippen LogP contribution is 2.33. The number of halogens is 3. The van der Waals surface area contributed by atoms with Crippen LogP contribution in [0.2, 0.25) is 0 Å². The molecule has 1 aromatic carbocycles. The number of carbonyl (C=O) groups is 1. The molecule has 2 rings (SSSR count). The minimum absolute atomic E-state index is 0.138. The van der Waals surface area contributed by atoms with Gasteiger partial charge in [0.2, 0.25) is 0 Å². The minimum atomic E-state index is -4.35. The minimum Gasteiger partial charge on any atom is -0.465 e. The van der Waals surface area contributed by atoms with E-state index in [1.54, 1.807) is 6.92 Å². The largest absolute Gasteiger partial charge is 0.465 e. The van der Waals surface area contributed by atoms with Crippen LogP contribution in [-0.2, 0) is 15.7 Å². The molecular weight excluding hydrogens is 285 g/mol. The van der Waals surface area contributed by atoms with Gasteiger partial charge < -0.3 is 4.74 Å². The summed E-state index contributed by atoms with van der Waals surface area (Å²) in [6.07, 6.45) is -4.35. The van der Waals surface area contributed by atoms with E-state index >= 15 is 0 Å². The first-order chi connectivity index (χ1) is 9.84. The number of ether oxygens (including phenoxy) is 1. The predicted octanol–water partition coefficient (Wildman–Crippen LogP) is 2.42. The number of alkyl halides is 3. The first-order valence-electron chi connectivity index (χ1n) is 6.69. The molecule has 0 bridgehead atoms. The molecule has 116 valence electrons. The number of hydrogen-bond acceptors (Lipinski definition) is 4. The Balaban J connectivity index is 2.11. The van der Waals surface area contributed by atoms with Gasteiger partial charge in [0.05, 0.1) is 18.2 Å². The van der Waals surface area contributed by atoms with Crippen molar-refractivity contribution in [3.63, 3.8) is 0 Å². The van der Waals surface area contributed by atoms with Gasteiger partial charge in [0, 0.05) is 5.92 Å². The monoisotopic (exact) mass is 302 g/mol. The maximum Gasteiger partial charge on any atom is 0.416 e. The van der Waals surface area contributed by atoms with Crippen molar-refractivity contribution in [2.75, 3.05) is 6.61 Å². The Hall–Kier alpha value is -1.60. The topological polar surface area (TPSA) is 50.4 Å². The van der Waals surface area contributed by atoms with Gasteiger partial charge in [-0.2, -0.15) is 13.2 Å². The highest BCUT2D eigenvalue weighted by molar-refractivity contribution is 5.76. The van der Waals surface area contributed by atoms with Crippen molar-refractivity contribution in [3.8, 4) is 0 Å². The predicted molar refractivity (Wildman–Crippen MR) is 70.0 cm³/mol. The molecule has 3 unspecified atom stereocenters. The lowest BCUT2D eigenvalue weighted by atomic mass is 9.91. The first kappa shape index (κ1) is 15.8. The van der Waals surface area contributed by atoms with E-state index in [1.165, 1.54) is 12.1 Å². The van der Waals surface area contributed by atoms with Gasteiger partial charge in [0.15, 0.2) is 0 Å². The average molecular weight is 302 g/mol. The molecule has 0 saturated carbocycles. The van der Waals surface area contributed by atoms with Gasteiger partial charge in [-0.25, -0.2) is 10.9 Å². The zero-order valence-electron chi connectivity index (χ0n) is 11.7. The summed E-state index contributed by atoms with van der Waals surface area (Å²) in [6, 6.07) is 4.17. The standard InChI is InChI=1S/C14H17F3N2O2/c1-3-21-13(20)12-8(2)11(18-19-12)9-4-6-10(7-5-9)14(15,16)17/h4-8,11-12,18-19H,3H2,1-2H3. The van der Waals surface area contributed by atoms with Crippen LogP contribution in [0, 0.1) is 5.92 Å². The Morgan fingerprint density at radius 3 is 2.38 bits per heavy atom. The first-order valence-corrected chi connectivity index (χ1v) is 6.69. The van der Waals surface area contributed by atoms with Gasteiger partial charge in [-0.05, 0) is 24.6 Å². The molecule has 21 heavy (non-hydrogen) atoms. The molecular formula is C14H17F3N2O2. The second kappa shape index (κ2) is 6.03. The third-order valence-electron chi connectivity index (χ3n) is 3.58. The second-order valence-electron chi connectivity index (χ2n) is 4.97. The van der Waals surface area contributed by atoms with E-state index in [9.17, 15) is 18.0 Å². The van der Waals surface area contributed by atoms with E-state index in [2.05, 4.69) is 10.9 Å². The molecule has 3 atom stereocenters. The number of benzene rings is 1. The van der Waals surface area contributed by atoms with Crippen molar-refractivity contribution in [2.45, 2.75) is 32.1 Å². The maximum atomic E-state index is 12.5. The second-order valence-corrected chi connectivity index (χ2v) is 4.97. The fraction of sp³-hybridized carbons (Fsp3) is 0.500. The highest BCUT2D eigenvalue weighted by atomic mass is 19.4. The summed E-state index contributed by atoms with van der Waals surface area (Å²) >= 11 is 0. The number of hydrazine groups is 1. The highest BCUT2D eigenvalue weighted by Gasteiger charge is 2.39. The van der Waals surface area contributed by atoms with Crippen LogP contribution in [0.5, 0.6) is 0 Å². The lowest BCUT2D eigenvalue weighted by Gasteiger charge is -2.18. The quantitative estimate of drug-likeness (QED) is 0.842. The summed E-state index contributed by atoms with van der Waals surface area (Å²) in [5.41, 5.74) is 5.78. The molecule has 1 aliphatic heterocycles. The third-order valence-corrected chi connectivity index (χ3v) is 3.58. The molecule has 1 aromatic rings. The van der Waals surface area contributed by atoms with E-state index < -0.39 is 17.8 Å². The third kappa shape index (κ3) is 3.36. The van der Waals surface area contributed by atoms with Gasteiger partial charge in [-0.15, -0.1) is 0 Å². The zero-order valence-corrected chi connectivity index (χ0v) is 11.7. The molecule has 7 heteroatoms. The molecule has 0 radical (unpaired) electrons. The van der Waals surface area contributed by atoms with Crippen LogP contribution in [0.15, 0.2) is 24.3 Å². The van der Waals surface area contributed by atoms with Crippen LogP contribution in [0.4, 0.5) is 13.2 Å². The summed E-state index contributed by atoms with van der Waals surface area (Å²) in [6.45, 7) is 3.85. The van der Waals surface area contributed by atoms with E-state index in [4.69, 9.17) is 4.74 Å². The summed E-state index contributed by atoms with van der Waals surface area (Å²) in [4.78, 5) is 11.7. The van der Waals surface area contributed by atoms with Gasteiger partial charge >= 0.3 is 12.1 Å². The Morgan fingerprint density at radius 2 is 1.86 bits per heavy atom. The fourth-order valence-corrected chi connectivity index (χ4v) is 2.41. The molecule has 0 amide bonds. The Bertz CT molecular complexity index is 502. The zero-order chi connectivity index (χ0) is 15.6. The molecule has 1 saturated heterocycles. The van der Waals surface area contributed by atoms with Gasteiger partial charge in [-0.3, -0.25) is 4.79 Å². The van der Waals surface area contributed by atoms with Crippen molar-refractivity contribution >= 4 is 5.97 Å². The van der Waals surface area contributed by atoms with Crippen molar-refractivity contribution in [1.29, 1.82) is 0 Å². The number of carbonyl (C=O) groups excluding carboxylic acids is 1. The molecule has 4 nitrogen and oxygen atoms in total. The van der Waals surface area contributed by atoms with Gasteiger partial charge in [0.25, 0.3) is 0 Å². The van der Waals surface area contributed by atoms with E-state index in [-0.39, 0.29) is 24.5 Å². The summed E-state index contributed by atoms with van der Waals surface area (Å²) in [7, 11) is 0. The Kier molecular flexibility index (Phi) is 4.53. The van der Waals surface area contributed by atoms with Crippen LogP contribution < -0.4 is 10.9 Å². The van der Waals surface area contributed by atoms with E-state index in [0.717, 1.165) is 12.1 Å². The molecule has 0 spiro atoms. The summed E-state index contributed by atoms with van der Waals surface area (Å²) < 4.78 is 42.6. The molecule has 0 aliphatic carbocycles. The van der Waals surface area contributed by atoms with Crippen molar-refractivity contribution in [3.05, 3.63) is 35.4 Å². The molecule has 1 fully saturated rings.